The van der Waals surface area contributed by atoms with Gasteiger partial charge in [-0.15, -0.1) is 0 Å². The molecule has 19 heavy (non-hydrogen) atoms. The van der Waals surface area contributed by atoms with Gasteiger partial charge in [-0.1, -0.05) is 17.7 Å². The minimum atomic E-state index is 0.314. The molecule has 1 fully saturated rings. The van der Waals surface area contributed by atoms with Crippen molar-refractivity contribution in [2.45, 2.75) is 26.2 Å². The van der Waals surface area contributed by atoms with E-state index in [1.54, 1.807) is 0 Å². The molecule has 0 atom stereocenters. The first-order valence-corrected chi connectivity index (χ1v) is 7.13. The van der Waals surface area contributed by atoms with E-state index in [0.717, 1.165) is 43.5 Å². The molecule has 1 aromatic rings. The highest BCUT2D eigenvalue weighted by Gasteiger charge is 2.33. The third-order valence-corrected chi connectivity index (χ3v) is 4.23. The zero-order chi connectivity index (χ0) is 13.4. The predicted octanol–water partition coefficient (Wildman–Crippen LogP) is 3.07. The minimum Gasteiger partial charge on any atom is -0.338 e. The smallest absolute Gasteiger partial charge is 0.225 e. The molecule has 0 bridgehead atoms. The van der Waals surface area contributed by atoms with E-state index in [1.165, 1.54) is 5.57 Å². The fourth-order valence-corrected chi connectivity index (χ4v) is 2.56. The van der Waals surface area contributed by atoms with Crippen LogP contribution >= 0.6 is 11.6 Å². The standard InChI is InChI=1S/C15H17ClN2O/c1-10-8-13(9-17-14(10)16)11-4-6-18(7-5-11)15(19)12-2-3-12/h4,8-9,12H,2-3,5-7H2,1H3. The summed E-state index contributed by atoms with van der Waals surface area (Å²) in [6.45, 7) is 3.51. The van der Waals surface area contributed by atoms with Crippen LogP contribution in [-0.2, 0) is 4.79 Å². The van der Waals surface area contributed by atoms with Gasteiger partial charge in [-0.05, 0) is 49.0 Å². The lowest BCUT2D eigenvalue weighted by atomic mass is 10.00. The number of aromatic nitrogens is 1. The van der Waals surface area contributed by atoms with Crippen LogP contribution in [0.1, 0.15) is 30.4 Å². The van der Waals surface area contributed by atoms with Gasteiger partial charge in [0.05, 0.1) is 0 Å². The Bertz CT molecular complexity index is 549. The number of carbonyl (C=O) groups excluding carboxylic acids is 1. The van der Waals surface area contributed by atoms with Gasteiger partial charge in [-0.3, -0.25) is 4.79 Å². The second-order valence-electron chi connectivity index (χ2n) is 5.37. The van der Waals surface area contributed by atoms with Crippen LogP contribution in [0.25, 0.3) is 5.57 Å². The number of pyridine rings is 1. The summed E-state index contributed by atoms with van der Waals surface area (Å²) < 4.78 is 0. The third kappa shape index (κ3) is 2.66. The number of halogens is 1. The molecule has 0 N–H and O–H groups in total. The number of aryl methyl sites for hydroxylation is 1. The summed E-state index contributed by atoms with van der Waals surface area (Å²) in [7, 11) is 0. The number of rotatable bonds is 2. The highest BCUT2D eigenvalue weighted by molar-refractivity contribution is 6.30. The summed E-state index contributed by atoms with van der Waals surface area (Å²) >= 11 is 5.94. The highest BCUT2D eigenvalue weighted by atomic mass is 35.5. The molecule has 0 saturated heterocycles. The number of amides is 1. The van der Waals surface area contributed by atoms with E-state index in [-0.39, 0.29) is 0 Å². The normalized spacial score (nSPS) is 19.3. The van der Waals surface area contributed by atoms with Crippen molar-refractivity contribution >= 4 is 23.1 Å². The van der Waals surface area contributed by atoms with Crippen LogP contribution in [0.15, 0.2) is 18.3 Å². The second-order valence-corrected chi connectivity index (χ2v) is 5.73. The molecule has 4 heteroatoms. The lowest BCUT2D eigenvalue weighted by Crippen LogP contribution is -2.35. The number of hydrogen-bond acceptors (Lipinski definition) is 2. The third-order valence-electron chi connectivity index (χ3n) is 3.83. The van der Waals surface area contributed by atoms with Crippen molar-refractivity contribution < 1.29 is 4.79 Å². The summed E-state index contributed by atoms with van der Waals surface area (Å²) in [5.74, 6) is 0.648. The van der Waals surface area contributed by atoms with Gasteiger partial charge < -0.3 is 4.90 Å². The molecule has 1 aliphatic carbocycles. The maximum Gasteiger partial charge on any atom is 0.225 e. The Balaban J connectivity index is 1.73. The summed E-state index contributed by atoms with van der Waals surface area (Å²) in [6, 6.07) is 2.07. The van der Waals surface area contributed by atoms with Crippen molar-refractivity contribution in [2.24, 2.45) is 5.92 Å². The van der Waals surface area contributed by atoms with Crippen LogP contribution < -0.4 is 0 Å². The van der Waals surface area contributed by atoms with Crippen molar-refractivity contribution in [3.05, 3.63) is 34.6 Å². The predicted molar refractivity (Wildman–Crippen MR) is 75.9 cm³/mol. The van der Waals surface area contributed by atoms with Gasteiger partial charge >= 0.3 is 0 Å². The van der Waals surface area contributed by atoms with E-state index in [4.69, 9.17) is 11.6 Å². The van der Waals surface area contributed by atoms with Crippen LogP contribution in [0.5, 0.6) is 0 Å². The maximum absolute atomic E-state index is 12.0. The largest absolute Gasteiger partial charge is 0.338 e. The lowest BCUT2D eigenvalue weighted by molar-refractivity contribution is -0.132. The SMILES string of the molecule is Cc1cc(C2=CCN(C(=O)C3CC3)CC2)cnc1Cl. The van der Waals surface area contributed by atoms with Crippen molar-refractivity contribution in [1.82, 2.24) is 9.88 Å². The van der Waals surface area contributed by atoms with Gasteiger partial charge in [0.25, 0.3) is 0 Å². The molecular formula is C15H17ClN2O. The van der Waals surface area contributed by atoms with Crippen LogP contribution in [0, 0.1) is 12.8 Å². The topological polar surface area (TPSA) is 33.2 Å². The first-order chi connectivity index (χ1) is 9.15. The molecule has 0 spiro atoms. The van der Waals surface area contributed by atoms with Crippen molar-refractivity contribution in [3.8, 4) is 0 Å². The van der Waals surface area contributed by atoms with Crippen molar-refractivity contribution in [1.29, 1.82) is 0 Å². The van der Waals surface area contributed by atoms with Crippen LogP contribution in [0.3, 0.4) is 0 Å². The van der Waals surface area contributed by atoms with Gasteiger partial charge in [0.15, 0.2) is 0 Å². The van der Waals surface area contributed by atoms with Gasteiger partial charge in [0, 0.05) is 25.2 Å². The van der Waals surface area contributed by atoms with Crippen LogP contribution in [0.4, 0.5) is 0 Å². The Hall–Kier alpha value is -1.35. The van der Waals surface area contributed by atoms with Crippen molar-refractivity contribution in [2.75, 3.05) is 13.1 Å². The molecule has 3 nitrogen and oxygen atoms in total. The van der Waals surface area contributed by atoms with Gasteiger partial charge in [0.2, 0.25) is 5.91 Å². The molecule has 3 rings (SSSR count). The average molecular weight is 277 g/mol. The number of carbonyl (C=O) groups is 1. The number of hydrogen-bond donors (Lipinski definition) is 0. The molecule has 2 heterocycles. The second kappa shape index (κ2) is 4.97. The Morgan fingerprint density at radius 1 is 1.47 bits per heavy atom. The van der Waals surface area contributed by atoms with Crippen molar-refractivity contribution in [3.63, 3.8) is 0 Å². The summed E-state index contributed by atoms with van der Waals surface area (Å²) in [5.41, 5.74) is 3.39. The van der Waals surface area contributed by atoms with Crippen LogP contribution in [-0.4, -0.2) is 28.9 Å². The van der Waals surface area contributed by atoms with E-state index in [1.807, 2.05) is 18.0 Å². The average Bonchev–Trinajstić information content (AvgIpc) is 3.26. The molecule has 0 radical (unpaired) electrons. The molecular weight excluding hydrogens is 260 g/mol. The minimum absolute atomic E-state index is 0.314. The lowest BCUT2D eigenvalue weighted by Gasteiger charge is -2.26. The van der Waals surface area contributed by atoms with Crippen LogP contribution in [0.2, 0.25) is 5.15 Å². The summed E-state index contributed by atoms with van der Waals surface area (Å²) in [6.07, 6.45) is 7.02. The maximum atomic E-state index is 12.0. The van der Waals surface area contributed by atoms with Gasteiger partial charge in [0.1, 0.15) is 5.15 Å². The highest BCUT2D eigenvalue weighted by Crippen LogP contribution is 2.32. The number of nitrogens with zero attached hydrogens (tertiary/aromatic N) is 2. The fraction of sp³-hybridized carbons (Fsp3) is 0.467. The molecule has 1 aliphatic heterocycles. The quantitative estimate of drug-likeness (QED) is 0.778. The molecule has 1 amide bonds. The zero-order valence-electron chi connectivity index (χ0n) is 11.0. The van der Waals surface area contributed by atoms with E-state index in [2.05, 4.69) is 17.1 Å². The van der Waals surface area contributed by atoms with E-state index < -0.39 is 0 Å². The Morgan fingerprint density at radius 2 is 2.26 bits per heavy atom. The Labute approximate surface area is 118 Å². The molecule has 0 aromatic carbocycles. The first-order valence-electron chi connectivity index (χ1n) is 6.75. The Kier molecular flexibility index (Phi) is 3.31. The molecule has 1 saturated carbocycles. The molecule has 1 aromatic heterocycles. The van der Waals surface area contributed by atoms with E-state index in [0.29, 0.717) is 17.0 Å². The first kappa shape index (κ1) is 12.7. The Morgan fingerprint density at radius 3 is 2.84 bits per heavy atom. The van der Waals surface area contributed by atoms with Gasteiger partial charge in [-0.2, -0.15) is 0 Å². The molecule has 100 valence electrons. The summed E-state index contributed by atoms with van der Waals surface area (Å²) in [4.78, 5) is 18.1. The fourth-order valence-electron chi connectivity index (χ4n) is 2.45. The molecule has 2 aliphatic rings. The summed E-state index contributed by atoms with van der Waals surface area (Å²) in [5, 5.41) is 0.561. The van der Waals surface area contributed by atoms with E-state index in [9.17, 15) is 4.79 Å². The molecule has 0 unspecified atom stereocenters. The zero-order valence-corrected chi connectivity index (χ0v) is 11.8. The monoisotopic (exact) mass is 276 g/mol. The van der Waals surface area contributed by atoms with E-state index >= 15 is 0 Å². The van der Waals surface area contributed by atoms with Gasteiger partial charge in [-0.25, -0.2) is 4.98 Å².